The molecule has 0 bridgehead atoms. The van der Waals surface area contributed by atoms with E-state index in [4.69, 9.17) is 0 Å². The molecule has 1 heterocycles. The highest BCUT2D eigenvalue weighted by Gasteiger charge is 2.02. The van der Waals surface area contributed by atoms with Gasteiger partial charge in [0.05, 0.1) is 5.69 Å². The van der Waals surface area contributed by atoms with Crippen LogP contribution >= 0.6 is 11.3 Å². The van der Waals surface area contributed by atoms with Crippen LogP contribution in [0.15, 0.2) is 40.0 Å². The summed E-state index contributed by atoms with van der Waals surface area (Å²) in [6, 6.07) is 5.20. The number of anilines is 1. The molecule has 100 valence electrons. The molecular formula is C13H15N4OS-. The van der Waals surface area contributed by atoms with E-state index in [1.165, 1.54) is 11.3 Å². The number of hydrogen-bond acceptors (Lipinski definition) is 6. The van der Waals surface area contributed by atoms with E-state index in [9.17, 15) is 5.11 Å². The lowest BCUT2D eigenvalue weighted by Crippen LogP contribution is -2.21. The summed E-state index contributed by atoms with van der Waals surface area (Å²) in [5.74, 6) is -0.121. The van der Waals surface area contributed by atoms with Gasteiger partial charge in [-0.15, -0.1) is 21.6 Å². The summed E-state index contributed by atoms with van der Waals surface area (Å²) in [7, 11) is 0. The topological polar surface area (TPSA) is 63.9 Å². The predicted molar refractivity (Wildman–Crippen MR) is 75.7 cm³/mol. The first kappa shape index (κ1) is 13.5. The summed E-state index contributed by atoms with van der Waals surface area (Å²) in [5, 5.41) is 22.2. The van der Waals surface area contributed by atoms with E-state index in [0.29, 0.717) is 10.8 Å². The van der Waals surface area contributed by atoms with E-state index < -0.39 is 0 Å². The van der Waals surface area contributed by atoms with E-state index in [1.54, 1.807) is 18.3 Å². The lowest BCUT2D eigenvalue weighted by Gasteiger charge is -2.23. The molecule has 0 saturated heterocycles. The second-order valence-electron chi connectivity index (χ2n) is 3.84. The minimum Gasteiger partial charge on any atom is -0.871 e. The maximum atomic E-state index is 11.9. The Hall–Kier alpha value is -1.95. The zero-order valence-corrected chi connectivity index (χ0v) is 11.7. The summed E-state index contributed by atoms with van der Waals surface area (Å²) in [4.78, 5) is 6.10. The second-order valence-corrected chi connectivity index (χ2v) is 4.71. The van der Waals surface area contributed by atoms with Crippen molar-refractivity contribution in [1.29, 1.82) is 0 Å². The summed E-state index contributed by atoms with van der Waals surface area (Å²) >= 11 is 1.38. The van der Waals surface area contributed by atoms with Gasteiger partial charge in [-0.25, -0.2) is 4.98 Å². The standard InChI is InChI=1S/C13H16N4OS/c1-3-17(4-2)10-5-6-11(12(18)9-10)15-16-13-14-7-8-19-13/h5-9,18H,3-4H2,1-2H3/p-1. The number of hydrogen-bond donors (Lipinski definition) is 0. The van der Waals surface area contributed by atoms with Crippen molar-refractivity contribution in [1.82, 2.24) is 4.98 Å². The summed E-state index contributed by atoms with van der Waals surface area (Å²) in [6.07, 6.45) is 1.65. The minimum atomic E-state index is -0.121. The average Bonchev–Trinajstić information content (AvgIpc) is 2.92. The molecule has 1 aromatic carbocycles. The summed E-state index contributed by atoms with van der Waals surface area (Å²) in [5.41, 5.74) is 1.26. The molecule has 0 saturated carbocycles. The van der Waals surface area contributed by atoms with Crippen molar-refractivity contribution in [2.45, 2.75) is 13.8 Å². The van der Waals surface area contributed by atoms with Gasteiger partial charge in [-0.05, 0) is 32.0 Å². The molecule has 0 aliphatic heterocycles. The predicted octanol–water partition coefficient (Wildman–Crippen LogP) is 3.48. The number of benzene rings is 1. The van der Waals surface area contributed by atoms with Gasteiger partial charge in [-0.3, -0.25) is 0 Å². The Balaban J connectivity index is 2.20. The molecule has 0 fully saturated rings. The number of rotatable bonds is 5. The molecule has 2 aromatic rings. The van der Waals surface area contributed by atoms with Crippen LogP contribution in [0.4, 0.5) is 16.5 Å². The van der Waals surface area contributed by atoms with Crippen LogP contribution in [0.5, 0.6) is 5.75 Å². The van der Waals surface area contributed by atoms with Crippen LogP contribution in [0, 0.1) is 0 Å². The fraction of sp³-hybridized carbons (Fsp3) is 0.308. The summed E-state index contributed by atoms with van der Waals surface area (Å²) < 4.78 is 0. The Morgan fingerprint density at radius 1 is 1.26 bits per heavy atom. The van der Waals surface area contributed by atoms with Crippen LogP contribution < -0.4 is 10.0 Å². The minimum absolute atomic E-state index is 0.121. The fourth-order valence-corrected chi connectivity index (χ4v) is 2.19. The van der Waals surface area contributed by atoms with Crippen LogP contribution in [-0.2, 0) is 0 Å². The van der Waals surface area contributed by atoms with Gasteiger partial charge in [0, 0.05) is 30.4 Å². The number of thiazole rings is 1. The molecular weight excluding hydrogens is 260 g/mol. The third-order valence-corrected chi connectivity index (χ3v) is 3.39. The molecule has 0 radical (unpaired) electrons. The monoisotopic (exact) mass is 275 g/mol. The fourth-order valence-electron chi connectivity index (χ4n) is 1.73. The highest BCUT2D eigenvalue weighted by molar-refractivity contribution is 7.13. The van der Waals surface area contributed by atoms with E-state index in [-0.39, 0.29) is 5.75 Å². The molecule has 19 heavy (non-hydrogen) atoms. The molecule has 5 nitrogen and oxygen atoms in total. The Morgan fingerprint density at radius 2 is 2.05 bits per heavy atom. The Morgan fingerprint density at radius 3 is 2.63 bits per heavy atom. The number of nitrogens with zero attached hydrogens (tertiary/aromatic N) is 4. The van der Waals surface area contributed by atoms with Crippen LogP contribution in [-0.4, -0.2) is 18.1 Å². The first-order chi connectivity index (χ1) is 9.24. The van der Waals surface area contributed by atoms with Crippen molar-refractivity contribution in [3.05, 3.63) is 29.8 Å². The van der Waals surface area contributed by atoms with E-state index in [1.807, 2.05) is 11.4 Å². The van der Waals surface area contributed by atoms with Gasteiger partial charge in [0.25, 0.3) is 0 Å². The highest BCUT2D eigenvalue weighted by atomic mass is 32.1. The molecule has 1 aromatic heterocycles. The van der Waals surface area contributed by atoms with Crippen molar-refractivity contribution < 1.29 is 5.11 Å². The molecule has 0 amide bonds. The van der Waals surface area contributed by atoms with Crippen molar-refractivity contribution >= 4 is 27.8 Å². The number of azo groups is 1. The van der Waals surface area contributed by atoms with Gasteiger partial charge < -0.3 is 10.0 Å². The highest BCUT2D eigenvalue weighted by Crippen LogP contribution is 2.30. The van der Waals surface area contributed by atoms with Gasteiger partial charge in [0.2, 0.25) is 5.13 Å². The zero-order chi connectivity index (χ0) is 13.7. The van der Waals surface area contributed by atoms with Crippen molar-refractivity contribution in [3.63, 3.8) is 0 Å². The first-order valence-electron chi connectivity index (χ1n) is 6.11. The van der Waals surface area contributed by atoms with Gasteiger partial charge in [0.1, 0.15) is 0 Å². The molecule has 0 unspecified atom stereocenters. The quantitative estimate of drug-likeness (QED) is 0.785. The Kier molecular flexibility index (Phi) is 4.46. The van der Waals surface area contributed by atoms with Gasteiger partial charge in [-0.2, -0.15) is 0 Å². The maximum Gasteiger partial charge on any atom is 0.229 e. The van der Waals surface area contributed by atoms with Crippen LogP contribution in [0.3, 0.4) is 0 Å². The normalized spacial score (nSPS) is 11.1. The van der Waals surface area contributed by atoms with Crippen molar-refractivity contribution in [2.24, 2.45) is 10.2 Å². The van der Waals surface area contributed by atoms with Gasteiger partial charge in [0.15, 0.2) is 0 Å². The van der Waals surface area contributed by atoms with E-state index in [2.05, 4.69) is 34.0 Å². The third kappa shape index (κ3) is 3.29. The van der Waals surface area contributed by atoms with Crippen LogP contribution in [0.1, 0.15) is 13.8 Å². The van der Waals surface area contributed by atoms with Crippen molar-refractivity contribution in [2.75, 3.05) is 18.0 Å². The molecule has 0 aliphatic rings. The molecule has 0 atom stereocenters. The largest absolute Gasteiger partial charge is 0.871 e. The van der Waals surface area contributed by atoms with Crippen LogP contribution in [0.25, 0.3) is 0 Å². The zero-order valence-electron chi connectivity index (χ0n) is 10.9. The molecule has 0 N–H and O–H groups in total. The maximum absolute atomic E-state index is 11.9. The third-order valence-electron chi connectivity index (χ3n) is 2.73. The van der Waals surface area contributed by atoms with E-state index >= 15 is 0 Å². The lowest BCUT2D eigenvalue weighted by molar-refractivity contribution is -0.267. The second kappa shape index (κ2) is 6.29. The molecule has 0 aliphatic carbocycles. The van der Waals surface area contributed by atoms with Crippen molar-refractivity contribution in [3.8, 4) is 5.75 Å². The SMILES string of the molecule is CCN(CC)c1ccc(N=Nc2nccs2)c([O-])c1. The average molecular weight is 275 g/mol. The van der Waals surface area contributed by atoms with Gasteiger partial charge >= 0.3 is 0 Å². The lowest BCUT2D eigenvalue weighted by atomic mass is 10.2. The first-order valence-corrected chi connectivity index (χ1v) is 6.99. The van der Waals surface area contributed by atoms with Gasteiger partial charge in [-0.1, -0.05) is 5.75 Å². The smallest absolute Gasteiger partial charge is 0.229 e. The van der Waals surface area contributed by atoms with E-state index in [0.717, 1.165) is 18.8 Å². The number of aromatic nitrogens is 1. The molecule has 2 rings (SSSR count). The Bertz CT molecular complexity index is 550. The van der Waals surface area contributed by atoms with Crippen LogP contribution in [0.2, 0.25) is 0 Å². The Labute approximate surface area is 116 Å². The summed E-state index contributed by atoms with van der Waals surface area (Å²) in [6.45, 7) is 5.86. The molecule has 6 heteroatoms. The molecule has 0 spiro atoms.